The van der Waals surface area contributed by atoms with Crippen molar-refractivity contribution >= 4 is 28.7 Å². The first kappa shape index (κ1) is 25.2. The van der Waals surface area contributed by atoms with Crippen molar-refractivity contribution in [3.05, 3.63) is 41.5 Å². The van der Waals surface area contributed by atoms with E-state index in [9.17, 15) is 32.3 Å². The number of anilines is 1. The second-order valence-corrected chi connectivity index (χ2v) is 9.16. The molecule has 13 heteroatoms. The molecule has 3 aromatic rings. The van der Waals surface area contributed by atoms with Crippen molar-refractivity contribution in [2.75, 3.05) is 18.0 Å². The summed E-state index contributed by atoms with van der Waals surface area (Å²) in [7, 11) is 0. The van der Waals surface area contributed by atoms with Gasteiger partial charge in [-0.05, 0) is 38.8 Å². The number of H-pyrrole nitrogens is 1. The van der Waals surface area contributed by atoms with Crippen molar-refractivity contribution in [3.8, 4) is 11.4 Å². The van der Waals surface area contributed by atoms with E-state index in [2.05, 4.69) is 20.3 Å². The lowest BCUT2D eigenvalue weighted by Crippen LogP contribution is -2.47. The number of halogens is 4. The number of carbonyl (C=O) groups is 2. The highest BCUT2D eigenvalue weighted by molar-refractivity contribution is 6.03. The van der Waals surface area contributed by atoms with E-state index in [0.717, 1.165) is 13.1 Å². The summed E-state index contributed by atoms with van der Waals surface area (Å²) >= 11 is 0. The minimum Gasteiger partial charge on any atom is -0.465 e. The second kappa shape index (κ2) is 8.95. The molecule has 0 aliphatic carbocycles. The van der Waals surface area contributed by atoms with Crippen LogP contribution in [-0.4, -0.2) is 62.9 Å². The minimum absolute atomic E-state index is 0.124. The number of aromatic nitrogens is 3. The number of amides is 2. The normalized spacial score (nSPS) is 18.9. The van der Waals surface area contributed by atoms with Crippen LogP contribution in [0.5, 0.6) is 0 Å². The van der Waals surface area contributed by atoms with Crippen molar-refractivity contribution in [1.82, 2.24) is 25.6 Å². The highest BCUT2D eigenvalue weighted by Crippen LogP contribution is 2.37. The number of rotatable bonds is 5. The van der Waals surface area contributed by atoms with Crippen molar-refractivity contribution < 1.29 is 32.3 Å². The fourth-order valence-electron chi connectivity index (χ4n) is 4.32. The van der Waals surface area contributed by atoms with Crippen LogP contribution in [0.4, 0.5) is 28.0 Å². The van der Waals surface area contributed by atoms with Crippen LogP contribution in [-0.2, 0) is 0 Å². The van der Waals surface area contributed by atoms with E-state index in [0.29, 0.717) is 17.5 Å². The third kappa shape index (κ3) is 4.77. The van der Waals surface area contributed by atoms with Gasteiger partial charge in [0.15, 0.2) is 0 Å². The van der Waals surface area contributed by atoms with Gasteiger partial charge in [0.2, 0.25) is 0 Å². The SMILES string of the molecule is Cc1ccc(F)c2[nH]c(-c3cncc(C(=O)N[C@@H](C)C(F)(F)F)c3N3CC[C@](C)(NC(=O)O)C3)nc12. The number of alkyl halides is 3. The Kier molecular flexibility index (Phi) is 6.27. The molecular weight excluding hydrogens is 484 g/mol. The summed E-state index contributed by atoms with van der Waals surface area (Å²) in [5.74, 6) is -1.39. The molecule has 9 nitrogen and oxygen atoms in total. The number of aryl methyl sites for hydroxylation is 1. The number of nitrogens with one attached hydrogen (secondary N) is 3. The molecule has 0 saturated carbocycles. The molecule has 4 N–H and O–H groups in total. The van der Waals surface area contributed by atoms with Gasteiger partial charge in [0, 0.05) is 25.5 Å². The molecule has 1 aromatic carbocycles. The van der Waals surface area contributed by atoms with Crippen LogP contribution in [0.1, 0.15) is 36.2 Å². The van der Waals surface area contributed by atoms with Gasteiger partial charge in [-0.15, -0.1) is 0 Å². The second-order valence-electron chi connectivity index (χ2n) is 9.16. The molecule has 0 spiro atoms. The van der Waals surface area contributed by atoms with Crippen LogP contribution >= 0.6 is 0 Å². The van der Waals surface area contributed by atoms with E-state index in [1.807, 2.05) is 5.32 Å². The molecule has 192 valence electrons. The van der Waals surface area contributed by atoms with Crippen molar-refractivity contribution in [2.24, 2.45) is 0 Å². The number of carbonyl (C=O) groups excluding carboxylic acids is 1. The number of hydrogen-bond acceptors (Lipinski definition) is 5. The number of benzene rings is 1. The number of aromatic amines is 1. The maximum atomic E-state index is 14.5. The molecule has 0 unspecified atom stereocenters. The fraction of sp³-hybridized carbons (Fsp3) is 0.391. The topological polar surface area (TPSA) is 123 Å². The molecule has 1 aliphatic heterocycles. The van der Waals surface area contributed by atoms with Gasteiger partial charge in [0.05, 0.1) is 27.9 Å². The van der Waals surface area contributed by atoms with Crippen molar-refractivity contribution in [1.29, 1.82) is 0 Å². The van der Waals surface area contributed by atoms with Crippen LogP contribution in [0, 0.1) is 12.7 Å². The number of pyridine rings is 1. The van der Waals surface area contributed by atoms with Crippen LogP contribution < -0.4 is 15.5 Å². The standard InChI is InChI=1S/C23H24F4N6O3/c1-11-4-5-15(24)17-16(11)30-19(31-17)13-8-28-9-14(20(34)29-12(2)23(25,26)27)18(13)33-7-6-22(3,10-33)32-21(35)36/h4-5,8-9,12,32H,6-7,10H2,1-3H3,(H,29,34)(H,30,31)(H,35,36)/t12-,22-/m0/s1. The van der Waals surface area contributed by atoms with Gasteiger partial charge >= 0.3 is 12.3 Å². The largest absolute Gasteiger partial charge is 0.465 e. The predicted octanol–water partition coefficient (Wildman–Crippen LogP) is 3.99. The zero-order valence-electron chi connectivity index (χ0n) is 19.6. The molecule has 1 fully saturated rings. The van der Waals surface area contributed by atoms with Crippen molar-refractivity contribution in [2.45, 2.75) is 44.9 Å². The molecule has 0 radical (unpaired) electrons. The third-order valence-electron chi connectivity index (χ3n) is 6.25. The summed E-state index contributed by atoms with van der Waals surface area (Å²) < 4.78 is 53.8. The molecule has 36 heavy (non-hydrogen) atoms. The number of fused-ring (bicyclic) bond motifs is 1. The molecule has 0 bridgehead atoms. The van der Waals surface area contributed by atoms with Gasteiger partial charge in [-0.25, -0.2) is 14.2 Å². The van der Waals surface area contributed by atoms with E-state index in [1.165, 1.54) is 12.3 Å². The average molecular weight is 508 g/mol. The maximum Gasteiger partial charge on any atom is 0.408 e. The molecule has 2 atom stereocenters. The minimum atomic E-state index is -4.66. The first-order valence-corrected chi connectivity index (χ1v) is 11.1. The highest BCUT2D eigenvalue weighted by atomic mass is 19.4. The summed E-state index contributed by atoms with van der Waals surface area (Å²) in [6.45, 7) is 4.67. The van der Waals surface area contributed by atoms with Gasteiger partial charge < -0.3 is 25.6 Å². The Morgan fingerprint density at radius 2 is 2.00 bits per heavy atom. The first-order chi connectivity index (χ1) is 16.8. The number of hydrogen-bond donors (Lipinski definition) is 4. The zero-order valence-corrected chi connectivity index (χ0v) is 19.6. The van der Waals surface area contributed by atoms with Gasteiger partial charge in [-0.1, -0.05) is 6.07 Å². The molecule has 2 aromatic heterocycles. The molecule has 3 heterocycles. The van der Waals surface area contributed by atoms with Crippen LogP contribution in [0.3, 0.4) is 0 Å². The zero-order chi connectivity index (χ0) is 26.4. The fourth-order valence-corrected chi connectivity index (χ4v) is 4.32. The summed E-state index contributed by atoms with van der Waals surface area (Å²) in [5.41, 5.74) is 0.625. The number of carboxylic acid groups (broad SMARTS) is 1. The van der Waals surface area contributed by atoms with Crippen LogP contribution in [0.2, 0.25) is 0 Å². The van der Waals surface area contributed by atoms with E-state index in [-0.39, 0.29) is 41.2 Å². The number of imidazole rings is 1. The van der Waals surface area contributed by atoms with Gasteiger partial charge in [-0.3, -0.25) is 9.78 Å². The molecule has 2 amide bonds. The summed E-state index contributed by atoms with van der Waals surface area (Å²) in [6, 6.07) is 0.722. The quantitative estimate of drug-likeness (QED) is 0.387. The Hall–Kier alpha value is -3.90. The summed E-state index contributed by atoms with van der Waals surface area (Å²) in [6.07, 6.45) is -2.99. The summed E-state index contributed by atoms with van der Waals surface area (Å²) in [4.78, 5) is 37.4. The van der Waals surface area contributed by atoms with Gasteiger partial charge in [-0.2, -0.15) is 13.2 Å². The third-order valence-corrected chi connectivity index (χ3v) is 6.25. The smallest absolute Gasteiger partial charge is 0.408 e. The average Bonchev–Trinajstić information content (AvgIpc) is 3.39. The van der Waals surface area contributed by atoms with Crippen LogP contribution in [0.15, 0.2) is 24.5 Å². The lowest BCUT2D eigenvalue weighted by Gasteiger charge is -2.28. The Morgan fingerprint density at radius 3 is 2.64 bits per heavy atom. The van der Waals surface area contributed by atoms with E-state index < -0.39 is 35.6 Å². The Balaban J connectivity index is 1.84. The lowest BCUT2D eigenvalue weighted by molar-refractivity contribution is -0.149. The lowest BCUT2D eigenvalue weighted by atomic mass is 10.0. The molecule has 4 rings (SSSR count). The van der Waals surface area contributed by atoms with E-state index in [1.54, 1.807) is 24.8 Å². The summed E-state index contributed by atoms with van der Waals surface area (Å²) in [5, 5.41) is 13.6. The predicted molar refractivity (Wildman–Crippen MR) is 123 cm³/mol. The van der Waals surface area contributed by atoms with E-state index in [4.69, 9.17) is 0 Å². The first-order valence-electron chi connectivity index (χ1n) is 11.1. The Labute approximate surface area is 202 Å². The Bertz CT molecular complexity index is 1300. The van der Waals surface area contributed by atoms with Crippen LogP contribution in [0.25, 0.3) is 22.4 Å². The van der Waals surface area contributed by atoms with E-state index >= 15 is 0 Å². The van der Waals surface area contributed by atoms with Gasteiger partial charge in [0.25, 0.3) is 5.91 Å². The highest BCUT2D eigenvalue weighted by Gasteiger charge is 2.40. The van der Waals surface area contributed by atoms with Gasteiger partial charge in [0.1, 0.15) is 23.2 Å². The number of nitrogens with zero attached hydrogens (tertiary/aromatic N) is 3. The maximum absolute atomic E-state index is 14.5. The van der Waals surface area contributed by atoms with Crippen molar-refractivity contribution in [3.63, 3.8) is 0 Å². The Morgan fingerprint density at radius 1 is 1.28 bits per heavy atom. The molecular formula is C23H24F4N6O3. The molecule has 1 aliphatic rings. The monoisotopic (exact) mass is 508 g/mol. The molecule has 1 saturated heterocycles.